The maximum Gasteiger partial charge on any atom is 0.216 e. The van der Waals surface area contributed by atoms with Gasteiger partial charge in [-0.25, -0.2) is 12.7 Å². The molecule has 0 aromatic carbocycles. The topological polar surface area (TPSA) is 66.8 Å². The Labute approximate surface area is 117 Å². The van der Waals surface area contributed by atoms with Gasteiger partial charge in [0.2, 0.25) is 10.0 Å². The minimum absolute atomic E-state index is 0.00198. The van der Waals surface area contributed by atoms with Crippen LogP contribution in [0.2, 0.25) is 0 Å². The van der Waals surface area contributed by atoms with Gasteiger partial charge in [0.05, 0.1) is 12.4 Å². The smallest absolute Gasteiger partial charge is 0.216 e. The van der Waals surface area contributed by atoms with Gasteiger partial charge in [0.1, 0.15) is 0 Å². The monoisotopic (exact) mass is 305 g/mol. The van der Waals surface area contributed by atoms with Crippen LogP contribution < -0.4 is 0 Å². The number of hydrogen-bond donors (Lipinski definition) is 1. The molecule has 0 aliphatic carbocycles. The first-order valence-electron chi connectivity index (χ1n) is 6.18. The van der Waals surface area contributed by atoms with Crippen LogP contribution in [0.15, 0.2) is 16.8 Å². The van der Waals surface area contributed by atoms with Crippen molar-refractivity contribution in [2.45, 2.75) is 5.92 Å². The summed E-state index contributed by atoms with van der Waals surface area (Å²) in [4.78, 5) is 0. The van der Waals surface area contributed by atoms with Crippen molar-refractivity contribution in [3.63, 3.8) is 0 Å². The number of ether oxygens (including phenoxy) is 1. The molecule has 2 atom stereocenters. The molecule has 0 bridgehead atoms. The number of thiophene rings is 1. The van der Waals surface area contributed by atoms with E-state index < -0.39 is 10.0 Å². The zero-order valence-electron chi connectivity index (χ0n) is 10.9. The van der Waals surface area contributed by atoms with Crippen LogP contribution in [0, 0.1) is 5.92 Å². The highest BCUT2D eigenvalue weighted by atomic mass is 32.2. The second kappa shape index (κ2) is 6.32. The summed E-state index contributed by atoms with van der Waals surface area (Å²) in [5.41, 5.74) is 1.12. The fourth-order valence-electron chi connectivity index (χ4n) is 2.43. The molecule has 1 aliphatic rings. The molecular weight excluding hydrogens is 286 g/mol. The van der Waals surface area contributed by atoms with Gasteiger partial charge in [-0.2, -0.15) is 11.3 Å². The molecular formula is C12H19NO4S2. The maximum absolute atomic E-state index is 12.1. The van der Waals surface area contributed by atoms with E-state index >= 15 is 0 Å². The lowest BCUT2D eigenvalue weighted by molar-refractivity contribution is 0.214. The van der Waals surface area contributed by atoms with E-state index in [1.54, 1.807) is 11.3 Å². The molecule has 1 aliphatic heterocycles. The Morgan fingerprint density at radius 3 is 2.89 bits per heavy atom. The molecule has 1 aromatic heterocycles. The number of aliphatic hydroxyl groups excluding tert-OH is 1. The van der Waals surface area contributed by atoms with Gasteiger partial charge >= 0.3 is 0 Å². The van der Waals surface area contributed by atoms with Crippen LogP contribution in [-0.4, -0.2) is 57.0 Å². The molecule has 0 radical (unpaired) electrons. The van der Waals surface area contributed by atoms with E-state index in [2.05, 4.69) is 0 Å². The lowest BCUT2D eigenvalue weighted by Gasteiger charge is -2.15. The Balaban J connectivity index is 2.11. The van der Waals surface area contributed by atoms with Crippen molar-refractivity contribution in [3.8, 4) is 0 Å². The molecule has 1 saturated heterocycles. The second-order valence-corrected chi connectivity index (χ2v) is 7.60. The van der Waals surface area contributed by atoms with Crippen LogP contribution in [-0.2, 0) is 14.8 Å². The standard InChI is InChI=1S/C12H19NO4S2/c1-17-3-5-19(15,16)13-6-11(8-14)12(7-13)10-2-4-18-9-10/h2,4,9,11-12,14H,3,5-8H2,1H3/t11-,12-/m0/s1. The third-order valence-corrected chi connectivity index (χ3v) is 6.02. The SMILES string of the molecule is COCCS(=O)(=O)N1C[C@@H](CO)[C@H](c2ccsc2)C1. The zero-order chi connectivity index (χ0) is 13.9. The Kier molecular flexibility index (Phi) is 4.97. The Morgan fingerprint density at radius 2 is 2.32 bits per heavy atom. The summed E-state index contributed by atoms with van der Waals surface area (Å²) in [6, 6.07) is 2.00. The van der Waals surface area contributed by atoms with Crippen LogP contribution >= 0.6 is 11.3 Å². The molecule has 2 heterocycles. The molecule has 0 saturated carbocycles. The maximum atomic E-state index is 12.1. The van der Waals surface area contributed by atoms with Crippen molar-refractivity contribution in [1.82, 2.24) is 4.31 Å². The number of nitrogens with zero attached hydrogens (tertiary/aromatic N) is 1. The van der Waals surface area contributed by atoms with Gasteiger partial charge in [-0.05, 0) is 22.4 Å². The van der Waals surface area contributed by atoms with E-state index in [0.717, 1.165) is 5.56 Å². The Morgan fingerprint density at radius 1 is 1.53 bits per heavy atom. The van der Waals surface area contributed by atoms with Crippen molar-refractivity contribution < 1.29 is 18.3 Å². The summed E-state index contributed by atoms with van der Waals surface area (Å²) in [5, 5.41) is 13.5. The molecule has 5 nitrogen and oxygen atoms in total. The Hall–Kier alpha value is -0.470. The second-order valence-electron chi connectivity index (χ2n) is 4.73. The number of rotatable bonds is 6. The molecule has 2 rings (SSSR count). The van der Waals surface area contributed by atoms with Gasteiger partial charge in [0.25, 0.3) is 0 Å². The van der Waals surface area contributed by atoms with Crippen LogP contribution in [0.3, 0.4) is 0 Å². The van der Waals surface area contributed by atoms with Crippen LogP contribution in [0.5, 0.6) is 0 Å². The van der Waals surface area contributed by atoms with Crippen molar-refractivity contribution in [1.29, 1.82) is 0 Å². The molecule has 0 amide bonds. The van der Waals surface area contributed by atoms with Crippen LogP contribution in [0.4, 0.5) is 0 Å². The summed E-state index contributed by atoms with van der Waals surface area (Å²) in [6.45, 7) is 1.06. The molecule has 0 spiro atoms. The van der Waals surface area contributed by atoms with E-state index in [1.807, 2.05) is 16.8 Å². The van der Waals surface area contributed by atoms with Gasteiger partial charge in [0.15, 0.2) is 0 Å². The normalized spacial score (nSPS) is 24.9. The average molecular weight is 305 g/mol. The van der Waals surface area contributed by atoms with Crippen molar-refractivity contribution in [3.05, 3.63) is 22.4 Å². The summed E-state index contributed by atoms with van der Waals surface area (Å²) < 4.78 is 30.6. The van der Waals surface area contributed by atoms with Crippen molar-refractivity contribution >= 4 is 21.4 Å². The van der Waals surface area contributed by atoms with Gasteiger partial charge < -0.3 is 9.84 Å². The predicted molar refractivity (Wildman–Crippen MR) is 74.9 cm³/mol. The molecule has 1 N–H and O–H groups in total. The lowest BCUT2D eigenvalue weighted by atomic mass is 9.92. The number of aliphatic hydroxyl groups is 1. The lowest BCUT2D eigenvalue weighted by Crippen LogP contribution is -2.32. The molecule has 0 unspecified atom stereocenters. The van der Waals surface area contributed by atoms with E-state index in [0.29, 0.717) is 13.1 Å². The predicted octanol–water partition coefficient (Wildman–Crippen LogP) is 0.732. The minimum atomic E-state index is -3.29. The van der Waals surface area contributed by atoms with E-state index in [9.17, 15) is 13.5 Å². The first-order valence-corrected chi connectivity index (χ1v) is 8.73. The highest BCUT2D eigenvalue weighted by Gasteiger charge is 2.38. The van der Waals surface area contributed by atoms with E-state index in [4.69, 9.17) is 4.74 Å². The first-order chi connectivity index (χ1) is 9.08. The summed E-state index contributed by atoms with van der Waals surface area (Å²) >= 11 is 1.59. The first kappa shape index (κ1) is 14.9. The number of methoxy groups -OCH3 is 1. The highest BCUT2D eigenvalue weighted by Crippen LogP contribution is 2.34. The minimum Gasteiger partial charge on any atom is -0.396 e. The summed E-state index contributed by atoms with van der Waals surface area (Å²) in [7, 11) is -1.80. The molecule has 1 aromatic rings. The number of hydrogen-bond acceptors (Lipinski definition) is 5. The van der Waals surface area contributed by atoms with Gasteiger partial charge in [-0.1, -0.05) is 0 Å². The fourth-order valence-corrected chi connectivity index (χ4v) is 4.59. The average Bonchev–Trinajstić information content (AvgIpc) is 3.04. The molecule has 7 heteroatoms. The Bertz CT molecular complexity index is 486. The van der Waals surface area contributed by atoms with Crippen LogP contribution in [0.25, 0.3) is 0 Å². The van der Waals surface area contributed by atoms with E-state index in [-0.39, 0.29) is 30.8 Å². The van der Waals surface area contributed by atoms with Crippen molar-refractivity contribution in [2.75, 3.05) is 39.2 Å². The third kappa shape index (κ3) is 3.35. The number of sulfonamides is 1. The van der Waals surface area contributed by atoms with Gasteiger partial charge in [0, 0.05) is 38.6 Å². The fraction of sp³-hybridized carbons (Fsp3) is 0.667. The third-order valence-electron chi connectivity index (χ3n) is 3.55. The summed E-state index contributed by atoms with van der Waals surface area (Å²) in [6.07, 6.45) is 0. The summed E-state index contributed by atoms with van der Waals surface area (Å²) in [5.74, 6) is 0.0679. The quantitative estimate of drug-likeness (QED) is 0.841. The molecule has 1 fully saturated rings. The largest absolute Gasteiger partial charge is 0.396 e. The highest BCUT2D eigenvalue weighted by molar-refractivity contribution is 7.89. The van der Waals surface area contributed by atoms with Gasteiger partial charge in [-0.15, -0.1) is 0 Å². The van der Waals surface area contributed by atoms with Crippen molar-refractivity contribution in [2.24, 2.45) is 5.92 Å². The molecule has 19 heavy (non-hydrogen) atoms. The van der Waals surface area contributed by atoms with Crippen LogP contribution in [0.1, 0.15) is 11.5 Å². The van der Waals surface area contributed by atoms with E-state index in [1.165, 1.54) is 11.4 Å². The van der Waals surface area contributed by atoms with Gasteiger partial charge in [-0.3, -0.25) is 0 Å². The molecule has 108 valence electrons. The zero-order valence-corrected chi connectivity index (χ0v) is 12.5.